The quantitative estimate of drug-likeness (QED) is 0.275. The number of aliphatic hydroxyl groups is 1. The average molecular weight is 532 g/mol. The van der Waals surface area contributed by atoms with E-state index in [1.54, 1.807) is 28.9 Å². The number of nitrogens with zero attached hydrogens (tertiary/aromatic N) is 2. The van der Waals surface area contributed by atoms with Crippen LogP contribution in [0.5, 0.6) is 0 Å². The number of carbonyl (C=O) groups excluding carboxylic acids is 4. The molecule has 0 unspecified atom stereocenters. The number of cyclic esters (lactones) is 1. The molecular formula is C28H41N3O7. The van der Waals surface area contributed by atoms with Gasteiger partial charge in [-0.25, -0.2) is 0 Å². The molecule has 0 saturated carbocycles. The maximum Gasteiger partial charge on any atom is 0.313 e. The third-order valence-electron chi connectivity index (χ3n) is 7.96. The van der Waals surface area contributed by atoms with Gasteiger partial charge in [-0.05, 0) is 32.6 Å². The van der Waals surface area contributed by atoms with E-state index in [-0.39, 0.29) is 30.9 Å². The Morgan fingerprint density at radius 3 is 2.63 bits per heavy atom. The predicted molar refractivity (Wildman–Crippen MR) is 139 cm³/mol. The number of allylic oxidation sites excluding steroid dienone is 1. The third-order valence-corrected chi connectivity index (χ3v) is 7.96. The number of aliphatic hydroxyl groups excluding tert-OH is 1. The Balaban J connectivity index is 1.71. The molecule has 10 nitrogen and oxygen atoms in total. The fraction of sp³-hybridized carbons (Fsp3) is 0.714. The molecule has 4 aliphatic rings. The zero-order valence-corrected chi connectivity index (χ0v) is 22.5. The van der Waals surface area contributed by atoms with Crippen molar-refractivity contribution in [3.63, 3.8) is 0 Å². The van der Waals surface area contributed by atoms with Crippen molar-refractivity contribution in [3.05, 3.63) is 24.3 Å². The molecule has 0 aromatic carbocycles. The second-order valence-electron chi connectivity index (χ2n) is 10.7. The van der Waals surface area contributed by atoms with Crippen molar-refractivity contribution < 1.29 is 33.8 Å². The van der Waals surface area contributed by atoms with Gasteiger partial charge >= 0.3 is 5.97 Å². The van der Waals surface area contributed by atoms with Gasteiger partial charge in [0.25, 0.3) is 0 Å². The normalized spacial score (nSPS) is 34.4. The van der Waals surface area contributed by atoms with Crippen LogP contribution in [0.4, 0.5) is 0 Å². The molecular weight excluding hydrogens is 490 g/mol. The van der Waals surface area contributed by atoms with Crippen molar-refractivity contribution in [2.45, 2.75) is 82.6 Å². The van der Waals surface area contributed by atoms with Crippen molar-refractivity contribution >= 4 is 23.7 Å². The Labute approximate surface area is 224 Å². The Morgan fingerprint density at radius 2 is 1.87 bits per heavy atom. The molecule has 0 aliphatic carbocycles. The molecule has 4 rings (SSSR count). The van der Waals surface area contributed by atoms with Gasteiger partial charge < -0.3 is 29.7 Å². The SMILES string of the molecule is CCCCCN1C/C=C\CCC(=O)NC[C@@H](C)OC(=O)[C@@H]2[C@@H]3C=C[C@]4(O3)[C@H](C1=O)N(CCCCO)C(=O)[C@@H]24. The first-order valence-corrected chi connectivity index (χ1v) is 14.0. The molecule has 4 aliphatic heterocycles. The number of unbranched alkanes of at least 4 members (excludes halogenated alkanes) is 3. The molecule has 4 heterocycles. The number of hydrogen-bond donors (Lipinski definition) is 2. The molecule has 210 valence electrons. The topological polar surface area (TPSA) is 125 Å². The van der Waals surface area contributed by atoms with Crippen LogP contribution in [0.25, 0.3) is 0 Å². The summed E-state index contributed by atoms with van der Waals surface area (Å²) in [5.41, 5.74) is -1.24. The van der Waals surface area contributed by atoms with E-state index in [1.165, 1.54) is 0 Å². The summed E-state index contributed by atoms with van der Waals surface area (Å²) in [7, 11) is 0. The molecule has 2 N–H and O–H groups in total. The van der Waals surface area contributed by atoms with Gasteiger partial charge in [0, 0.05) is 32.7 Å². The first-order chi connectivity index (χ1) is 18.3. The maximum atomic E-state index is 14.2. The molecule has 3 amide bonds. The summed E-state index contributed by atoms with van der Waals surface area (Å²) in [6.45, 7) is 5.14. The highest BCUT2D eigenvalue weighted by Gasteiger charge is 2.73. The van der Waals surface area contributed by atoms with Crippen molar-refractivity contribution in [1.29, 1.82) is 0 Å². The second kappa shape index (κ2) is 12.4. The fourth-order valence-electron chi connectivity index (χ4n) is 6.07. The smallest absolute Gasteiger partial charge is 0.313 e. The van der Waals surface area contributed by atoms with Crippen LogP contribution in [0.3, 0.4) is 0 Å². The van der Waals surface area contributed by atoms with Gasteiger partial charge in [-0.3, -0.25) is 19.2 Å². The number of nitrogens with one attached hydrogen (secondary N) is 1. The highest BCUT2D eigenvalue weighted by Crippen LogP contribution is 2.55. The molecule has 5 bridgehead atoms. The molecule has 2 saturated heterocycles. The number of hydrogen-bond acceptors (Lipinski definition) is 7. The van der Waals surface area contributed by atoms with Crippen molar-refractivity contribution in [2.75, 3.05) is 32.8 Å². The van der Waals surface area contributed by atoms with E-state index in [1.807, 2.05) is 12.2 Å². The first-order valence-electron chi connectivity index (χ1n) is 14.0. The molecule has 6 atom stereocenters. The molecule has 2 fully saturated rings. The number of fused-ring (bicyclic) bond motifs is 2. The van der Waals surface area contributed by atoms with E-state index in [0.717, 1.165) is 19.3 Å². The minimum atomic E-state index is -1.24. The Bertz CT molecular complexity index is 966. The van der Waals surface area contributed by atoms with Crippen LogP contribution in [0.1, 0.15) is 58.8 Å². The summed E-state index contributed by atoms with van der Waals surface area (Å²) in [6.07, 6.45) is 10.8. The highest BCUT2D eigenvalue weighted by atomic mass is 16.6. The van der Waals surface area contributed by atoms with E-state index in [4.69, 9.17) is 9.47 Å². The number of likely N-dealkylation sites (tertiary alicyclic amines) is 1. The molecule has 0 radical (unpaired) electrons. The summed E-state index contributed by atoms with van der Waals surface area (Å²) in [6, 6.07) is -0.899. The van der Waals surface area contributed by atoms with Crippen molar-refractivity contribution in [3.8, 4) is 0 Å². The van der Waals surface area contributed by atoms with Crippen LogP contribution < -0.4 is 5.32 Å². The van der Waals surface area contributed by atoms with Crippen molar-refractivity contribution in [2.24, 2.45) is 11.8 Å². The zero-order valence-electron chi connectivity index (χ0n) is 22.5. The number of rotatable bonds is 8. The predicted octanol–water partition coefficient (Wildman–Crippen LogP) is 1.33. The Kier molecular flexibility index (Phi) is 9.25. The van der Waals surface area contributed by atoms with Gasteiger partial charge in [-0.15, -0.1) is 0 Å². The summed E-state index contributed by atoms with van der Waals surface area (Å²) in [5, 5.41) is 12.1. The minimum Gasteiger partial charge on any atom is -0.460 e. The summed E-state index contributed by atoms with van der Waals surface area (Å²) in [4.78, 5) is 57.1. The third kappa shape index (κ3) is 5.52. The average Bonchev–Trinajstić information content (AvgIpc) is 3.53. The lowest BCUT2D eigenvalue weighted by atomic mass is 9.74. The number of carbonyl (C=O) groups is 4. The standard InChI is InChI=1S/C28H41N3O7/c1-3-4-7-14-30-15-8-5-6-11-21(33)29-18-19(2)37-27(36)22-20-12-13-28(38-20)23(22)25(34)31(16-9-10-17-32)24(28)26(30)35/h5,8,12-13,19-20,22-24,32H,3-4,6-7,9-11,14-18H2,1-2H3,(H,29,33)/b8-5-/t19-,20+,22-,23-,24+,28-/m1/s1. The summed E-state index contributed by atoms with van der Waals surface area (Å²) >= 11 is 0. The highest BCUT2D eigenvalue weighted by molar-refractivity contribution is 5.99. The summed E-state index contributed by atoms with van der Waals surface area (Å²) in [5.74, 6) is -2.93. The second-order valence-corrected chi connectivity index (χ2v) is 10.7. The van der Waals surface area contributed by atoms with Crippen LogP contribution in [-0.2, 0) is 28.7 Å². The van der Waals surface area contributed by atoms with Crippen LogP contribution in [0, 0.1) is 11.8 Å². The molecule has 1 spiro atoms. The zero-order chi connectivity index (χ0) is 27.3. The molecule has 38 heavy (non-hydrogen) atoms. The van der Waals surface area contributed by atoms with E-state index in [2.05, 4.69) is 12.2 Å². The number of amides is 3. The molecule has 0 aromatic heterocycles. The van der Waals surface area contributed by atoms with Gasteiger partial charge in [-0.2, -0.15) is 0 Å². The monoisotopic (exact) mass is 531 g/mol. The van der Waals surface area contributed by atoms with E-state index >= 15 is 0 Å². The van der Waals surface area contributed by atoms with E-state index in [9.17, 15) is 24.3 Å². The number of ether oxygens (including phenoxy) is 2. The van der Waals surface area contributed by atoms with E-state index < -0.39 is 41.7 Å². The largest absolute Gasteiger partial charge is 0.460 e. The van der Waals surface area contributed by atoms with Crippen molar-refractivity contribution in [1.82, 2.24) is 15.1 Å². The number of esters is 1. The lowest BCUT2D eigenvalue weighted by Gasteiger charge is -2.36. The van der Waals surface area contributed by atoms with Gasteiger partial charge in [0.2, 0.25) is 17.7 Å². The van der Waals surface area contributed by atoms with E-state index in [0.29, 0.717) is 45.3 Å². The lowest BCUT2D eigenvalue weighted by Crippen LogP contribution is -2.56. The minimum absolute atomic E-state index is 0.00892. The van der Waals surface area contributed by atoms with Crippen LogP contribution >= 0.6 is 0 Å². The Hall–Kier alpha value is -2.72. The maximum absolute atomic E-state index is 14.2. The van der Waals surface area contributed by atoms with Gasteiger partial charge in [0.15, 0.2) is 0 Å². The van der Waals surface area contributed by atoms with Gasteiger partial charge in [0.05, 0.1) is 18.6 Å². The van der Waals surface area contributed by atoms with Crippen LogP contribution in [-0.4, -0.2) is 95.2 Å². The van der Waals surface area contributed by atoms with Gasteiger partial charge in [-0.1, -0.05) is 44.1 Å². The molecule has 0 aromatic rings. The lowest BCUT2D eigenvalue weighted by molar-refractivity contribution is -0.158. The first kappa shape index (κ1) is 28.3. The van der Waals surface area contributed by atoms with Crippen LogP contribution in [0.15, 0.2) is 24.3 Å². The van der Waals surface area contributed by atoms with Crippen LogP contribution in [0.2, 0.25) is 0 Å². The summed E-state index contributed by atoms with van der Waals surface area (Å²) < 4.78 is 12.0. The fourth-order valence-corrected chi connectivity index (χ4v) is 6.07. The van der Waals surface area contributed by atoms with Gasteiger partial charge in [0.1, 0.15) is 23.7 Å². The Morgan fingerprint density at radius 1 is 1.08 bits per heavy atom. The molecule has 10 heteroatoms.